The summed E-state index contributed by atoms with van der Waals surface area (Å²) >= 11 is 1.65. The van der Waals surface area contributed by atoms with Crippen molar-refractivity contribution in [1.82, 2.24) is 24.8 Å². The van der Waals surface area contributed by atoms with Gasteiger partial charge in [-0.15, -0.1) is 30.0 Å². The molecule has 3 aliphatic heterocycles. The van der Waals surface area contributed by atoms with E-state index in [4.69, 9.17) is 4.74 Å². The van der Waals surface area contributed by atoms with Gasteiger partial charge in [0, 0.05) is 24.9 Å². The molecule has 1 spiro atoms. The van der Waals surface area contributed by atoms with E-state index in [1.165, 1.54) is 0 Å². The van der Waals surface area contributed by atoms with Crippen LogP contribution in [0.2, 0.25) is 0 Å². The van der Waals surface area contributed by atoms with Crippen LogP contribution in [-0.2, 0) is 25.8 Å². The summed E-state index contributed by atoms with van der Waals surface area (Å²) < 4.78 is 6.68. The van der Waals surface area contributed by atoms with Gasteiger partial charge >= 0.3 is 5.97 Å². The minimum atomic E-state index is -0.724. The van der Waals surface area contributed by atoms with Crippen LogP contribution in [0.5, 0.6) is 0 Å². The topological polar surface area (TPSA) is 118 Å². The predicted molar refractivity (Wildman–Crippen MR) is 166 cm³/mol. The molecular weight excluding hydrogens is 566 g/mol. The minimum Gasteiger partial charge on any atom is -0.465 e. The molecular formula is C32H43N5O5S. The van der Waals surface area contributed by atoms with E-state index >= 15 is 0 Å². The first-order chi connectivity index (χ1) is 20.9. The summed E-state index contributed by atoms with van der Waals surface area (Å²) in [7, 11) is 0. The van der Waals surface area contributed by atoms with Crippen molar-refractivity contribution in [2.75, 3.05) is 26.3 Å². The summed E-state index contributed by atoms with van der Waals surface area (Å²) in [6, 6.07) is 6.88. The molecule has 2 amide bonds. The van der Waals surface area contributed by atoms with Gasteiger partial charge in [0.1, 0.15) is 18.2 Å². The number of aliphatic hydroxyl groups excluding tert-OH is 1. The number of hydrogen-bond donors (Lipinski definition) is 1. The second-order valence-electron chi connectivity index (χ2n) is 11.9. The molecule has 43 heavy (non-hydrogen) atoms. The summed E-state index contributed by atoms with van der Waals surface area (Å²) in [4.78, 5) is 46.0. The van der Waals surface area contributed by atoms with E-state index in [9.17, 15) is 19.5 Å². The van der Waals surface area contributed by atoms with E-state index in [-0.39, 0.29) is 55.4 Å². The number of nitrogens with zero attached hydrogens (tertiary/aromatic N) is 5. The Bertz CT molecular complexity index is 1350. The smallest absolute Gasteiger partial charge is 0.310 e. The molecule has 0 radical (unpaired) electrons. The molecule has 6 atom stereocenters. The summed E-state index contributed by atoms with van der Waals surface area (Å²) in [6.45, 7) is 11.0. The van der Waals surface area contributed by atoms with E-state index in [1.54, 1.807) is 38.4 Å². The molecule has 1 aromatic carbocycles. The molecule has 10 nitrogen and oxygen atoms in total. The number of esters is 1. The van der Waals surface area contributed by atoms with E-state index in [0.29, 0.717) is 25.8 Å². The molecule has 0 aliphatic carbocycles. The summed E-state index contributed by atoms with van der Waals surface area (Å²) in [5.74, 6) is -1.73. The molecule has 3 saturated heterocycles. The first-order valence-electron chi connectivity index (χ1n) is 15.4. The first-order valence-corrected chi connectivity index (χ1v) is 16.3. The SMILES string of the molecule is C=CCCCOC(=O)[C@@H]1[C@H]2C(=O)N(CCCCCCO)C(C(=O)N(CC=C)Cn3nnc4ccccc43)C23S[C@@H]1CC3C. The van der Waals surface area contributed by atoms with Gasteiger partial charge < -0.3 is 19.6 Å². The molecule has 2 bridgehead atoms. The van der Waals surface area contributed by atoms with Gasteiger partial charge in [0.15, 0.2) is 0 Å². The maximum absolute atomic E-state index is 14.7. The number of likely N-dealkylation sites (tertiary alicyclic amines) is 1. The number of hydrogen-bond acceptors (Lipinski definition) is 8. The number of carbonyl (C=O) groups is 3. The van der Waals surface area contributed by atoms with E-state index in [2.05, 4.69) is 30.4 Å². The monoisotopic (exact) mass is 609 g/mol. The fourth-order valence-corrected chi connectivity index (χ4v) is 9.69. The van der Waals surface area contributed by atoms with E-state index in [0.717, 1.165) is 36.7 Å². The van der Waals surface area contributed by atoms with Crippen molar-refractivity contribution in [3.63, 3.8) is 0 Å². The van der Waals surface area contributed by atoms with E-state index < -0.39 is 22.6 Å². The van der Waals surface area contributed by atoms with Crippen molar-refractivity contribution in [2.24, 2.45) is 17.8 Å². The second-order valence-corrected chi connectivity index (χ2v) is 13.4. The highest BCUT2D eigenvalue weighted by atomic mass is 32.2. The average molecular weight is 610 g/mol. The van der Waals surface area contributed by atoms with Gasteiger partial charge in [0.05, 0.1) is 28.7 Å². The number of unbranched alkanes of at least 4 members (excludes halogenated alkanes) is 4. The molecule has 3 fully saturated rings. The number of aromatic nitrogens is 3. The lowest BCUT2D eigenvalue weighted by atomic mass is 9.66. The van der Waals surface area contributed by atoms with Gasteiger partial charge in [0.25, 0.3) is 0 Å². The number of thioether (sulfide) groups is 1. The van der Waals surface area contributed by atoms with Crippen LogP contribution in [0.25, 0.3) is 11.0 Å². The molecule has 11 heteroatoms. The van der Waals surface area contributed by atoms with Crippen molar-refractivity contribution >= 4 is 40.6 Å². The highest BCUT2D eigenvalue weighted by Crippen LogP contribution is 2.68. The quantitative estimate of drug-likeness (QED) is 0.174. The van der Waals surface area contributed by atoms with Gasteiger partial charge in [-0.2, -0.15) is 0 Å². The van der Waals surface area contributed by atoms with Crippen molar-refractivity contribution < 1.29 is 24.2 Å². The van der Waals surface area contributed by atoms with Crippen LogP contribution < -0.4 is 0 Å². The third-order valence-corrected chi connectivity index (χ3v) is 11.3. The van der Waals surface area contributed by atoms with Gasteiger partial charge in [-0.05, 0) is 50.2 Å². The Kier molecular flexibility index (Phi) is 9.91. The van der Waals surface area contributed by atoms with Gasteiger partial charge in [-0.1, -0.05) is 49.3 Å². The highest BCUT2D eigenvalue weighted by Gasteiger charge is 2.76. The van der Waals surface area contributed by atoms with Gasteiger partial charge in [0.2, 0.25) is 11.8 Å². The number of ether oxygens (including phenoxy) is 1. The van der Waals surface area contributed by atoms with Crippen LogP contribution >= 0.6 is 11.8 Å². The predicted octanol–water partition coefficient (Wildman–Crippen LogP) is 3.80. The number of fused-ring (bicyclic) bond motifs is 2. The molecule has 0 saturated carbocycles. The minimum absolute atomic E-state index is 0.0624. The Balaban J connectivity index is 1.46. The van der Waals surface area contributed by atoms with Gasteiger partial charge in [-0.3, -0.25) is 14.4 Å². The van der Waals surface area contributed by atoms with Crippen LogP contribution in [0.3, 0.4) is 0 Å². The lowest BCUT2D eigenvalue weighted by Gasteiger charge is -2.40. The Hall–Kier alpha value is -3.18. The van der Waals surface area contributed by atoms with Crippen LogP contribution in [0.15, 0.2) is 49.6 Å². The Labute approximate surface area is 257 Å². The summed E-state index contributed by atoms with van der Waals surface area (Å²) in [5.41, 5.74) is 1.55. The zero-order valence-corrected chi connectivity index (χ0v) is 25.8. The molecule has 2 aromatic rings. The molecule has 3 unspecified atom stereocenters. The fourth-order valence-electron chi connectivity index (χ4n) is 7.28. The molecule has 232 valence electrons. The summed E-state index contributed by atoms with van der Waals surface area (Å²) in [5, 5.41) is 17.7. The van der Waals surface area contributed by atoms with Crippen molar-refractivity contribution in [2.45, 2.75) is 74.6 Å². The third-order valence-electron chi connectivity index (χ3n) is 9.24. The maximum atomic E-state index is 14.7. The fraction of sp³-hybridized carbons (Fsp3) is 0.594. The second kappa shape index (κ2) is 13.6. The Morgan fingerprint density at radius 2 is 1.98 bits per heavy atom. The van der Waals surface area contributed by atoms with Crippen molar-refractivity contribution in [3.8, 4) is 0 Å². The van der Waals surface area contributed by atoms with Crippen LogP contribution in [0.1, 0.15) is 51.9 Å². The molecule has 5 rings (SSSR count). The number of carbonyl (C=O) groups excluding carboxylic acids is 3. The first kappa shape index (κ1) is 31.3. The number of rotatable bonds is 16. The Morgan fingerprint density at radius 1 is 1.19 bits per heavy atom. The average Bonchev–Trinajstić information content (AvgIpc) is 3.72. The maximum Gasteiger partial charge on any atom is 0.310 e. The molecule has 4 heterocycles. The zero-order chi connectivity index (χ0) is 30.6. The molecule has 1 aromatic heterocycles. The third kappa shape index (κ3) is 5.73. The van der Waals surface area contributed by atoms with Crippen molar-refractivity contribution in [1.29, 1.82) is 0 Å². The molecule has 1 N–H and O–H groups in total. The number of amides is 2. The lowest BCUT2D eigenvalue weighted by Crippen LogP contribution is -2.57. The largest absolute Gasteiger partial charge is 0.465 e. The summed E-state index contributed by atoms with van der Waals surface area (Å²) in [6.07, 6.45) is 8.78. The van der Waals surface area contributed by atoms with Crippen molar-refractivity contribution in [3.05, 3.63) is 49.6 Å². The van der Waals surface area contributed by atoms with Gasteiger partial charge in [-0.25, -0.2) is 4.68 Å². The normalized spacial score (nSPS) is 27.4. The number of allylic oxidation sites excluding steroid dienone is 1. The van der Waals surface area contributed by atoms with Crippen LogP contribution in [-0.4, -0.2) is 90.0 Å². The zero-order valence-electron chi connectivity index (χ0n) is 25.0. The number of para-hydroxylation sites is 1. The Morgan fingerprint density at radius 3 is 2.74 bits per heavy atom. The lowest BCUT2D eigenvalue weighted by molar-refractivity contribution is -0.154. The van der Waals surface area contributed by atoms with Crippen LogP contribution in [0, 0.1) is 17.8 Å². The van der Waals surface area contributed by atoms with E-state index in [1.807, 2.05) is 24.3 Å². The standard InChI is InChI=1S/C32H43N5O5S/c1-4-6-13-19-42-31(41)26-25-20-22(3)32(43-25)27(26)29(39)36(17-11-7-8-12-18-38)28(32)30(40)35(16-5-2)21-37-24-15-10-9-14-23(24)33-34-37/h4-5,9-10,14-15,22,25-28,38H,1-2,6-8,11-13,16-21H2,3H3/t22?,25-,26+,27+,28?,32?/m1/s1. The number of aliphatic hydroxyl groups is 1. The van der Waals surface area contributed by atoms with Crippen LogP contribution in [0.4, 0.5) is 0 Å². The molecule has 3 aliphatic rings. The highest BCUT2D eigenvalue weighted by molar-refractivity contribution is 8.02. The number of benzene rings is 1.